The number of carbonyl (C=O) groups excluding carboxylic acids is 2. The molecule has 1 rings (SSSR count). The number of esters is 2. The third kappa shape index (κ3) is 8.55. The lowest BCUT2D eigenvalue weighted by atomic mass is 9.83. The van der Waals surface area contributed by atoms with Crippen LogP contribution < -0.4 is 0 Å². The molecule has 3 atom stereocenters. The van der Waals surface area contributed by atoms with Gasteiger partial charge in [-0.2, -0.15) is 0 Å². The lowest BCUT2D eigenvalue weighted by Gasteiger charge is -2.26. The van der Waals surface area contributed by atoms with Crippen molar-refractivity contribution in [2.45, 2.75) is 73.1 Å². The van der Waals surface area contributed by atoms with Gasteiger partial charge in [-0.3, -0.25) is 9.59 Å². The molecule has 0 aromatic rings. The smallest absolute Gasteiger partial charge is 0.310 e. The molecule has 0 radical (unpaired) electrons. The van der Waals surface area contributed by atoms with Gasteiger partial charge >= 0.3 is 11.9 Å². The maximum atomic E-state index is 12.4. The van der Waals surface area contributed by atoms with Gasteiger partial charge in [-0.25, -0.2) is 0 Å². The second-order valence-electron chi connectivity index (χ2n) is 8.50. The Balaban J connectivity index is 2.45. The van der Waals surface area contributed by atoms with E-state index in [2.05, 4.69) is 34.6 Å². The normalized spacial score (nSPS) is 21.6. The zero-order chi connectivity index (χ0) is 18.9. The Morgan fingerprint density at radius 2 is 1.56 bits per heavy atom. The standard InChI is InChI=1S/C21H36O4/c1-6-7-13-24-19(22)17-10-8-9-11-18(17)20(23)25-14-12-16(2)15-21(3,4)5/h8-9,16-18H,6-7,10-15H2,1-5H3. The molecule has 0 aromatic carbocycles. The fraction of sp³-hybridized carbons (Fsp3) is 0.810. The summed E-state index contributed by atoms with van der Waals surface area (Å²) >= 11 is 0. The molecule has 144 valence electrons. The molecule has 1 aliphatic carbocycles. The molecule has 25 heavy (non-hydrogen) atoms. The molecule has 0 bridgehead atoms. The summed E-state index contributed by atoms with van der Waals surface area (Å²) < 4.78 is 10.8. The van der Waals surface area contributed by atoms with Gasteiger partial charge in [0.25, 0.3) is 0 Å². The molecular formula is C21H36O4. The van der Waals surface area contributed by atoms with Gasteiger partial charge in [0.05, 0.1) is 25.0 Å². The number of rotatable bonds is 9. The van der Waals surface area contributed by atoms with E-state index in [0.717, 1.165) is 25.7 Å². The van der Waals surface area contributed by atoms with E-state index in [0.29, 0.717) is 32.0 Å². The van der Waals surface area contributed by atoms with E-state index in [1.165, 1.54) is 0 Å². The van der Waals surface area contributed by atoms with Crippen LogP contribution in [-0.4, -0.2) is 25.2 Å². The first-order valence-electron chi connectivity index (χ1n) is 9.73. The molecule has 0 aromatic heterocycles. The Bertz CT molecular complexity index is 447. The first-order chi connectivity index (χ1) is 11.7. The topological polar surface area (TPSA) is 52.6 Å². The van der Waals surface area contributed by atoms with Gasteiger partial charge in [-0.05, 0) is 43.4 Å². The van der Waals surface area contributed by atoms with E-state index in [9.17, 15) is 9.59 Å². The lowest BCUT2D eigenvalue weighted by molar-refractivity contribution is -0.161. The predicted molar refractivity (Wildman–Crippen MR) is 100 cm³/mol. The van der Waals surface area contributed by atoms with Gasteiger partial charge in [0.15, 0.2) is 0 Å². The van der Waals surface area contributed by atoms with Crippen LogP contribution in [-0.2, 0) is 19.1 Å². The van der Waals surface area contributed by atoms with Crippen LogP contribution in [0.2, 0.25) is 0 Å². The number of unbranched alkanes of at least 4 members (excludes halogenated alkanes) is 1. The van der Waals surface area contributed by atoms with Gasteiger partial charge in [-0.1, -0.05) is 53.2 Å². The Morgan fingerprint density at radius 1 is 1.04 bits per heavy atom. The van der Waals surface area contributed by atoms with E-state index in [1.807, 2.05) is 12.2 Å². The molecule has 0 saturated carbocycles. The molecule has 1 aliphatic rings. The zero-order valence-corrected chi connectivity index (χ0v) is 16.7. The minimum absolute atomic E-state index is 0.259. The fourth-order valence-corrected chi connectivity index (χ4v) is 3.37. The third-order valence-corrected chi connectivity index (χ3v) is 4.60. The maximum absolute atomic E-state index is 12.4. The van der Waals surface area contributed by atoms with Crippen molar-refractivity contribution in [3.05, 3.63) is 12.2 Å². The van der Waals surface area contributed by atoms with Crippen molar-refractivity contribution in [3.63, 3.8) is 0 Å². The van der Waals surface area contributed by atoms with Gasteiger partial charge < -0.3 is 9.47 Å². The average Bonchev–Trinajstić information content (AvgIpc) is 2.53. The van der Waals surface area contributed by atoms with Crippen LogP contribution in [0.3, 0.4) is 0 Å². The summed E-state index contributed by atoms with van der Waals surface area (Å²) in [5.41, 5.74) is 0.283. The van der Waals surface area contributed by atoms with E-state index < -0.39 is 11.8 Å². The highest BCUT2D eigenvalue weighted by molar-refractivity contribution is 5.82. The summed E-state index contributed by atoms with van der Waals surface area (Å²) in [4.78, 5) is 24.7. The summed E-state index contributed by atoms with van der Waals surface area (Å²) in [6.07, 6.45) is 8.84. The van der Waals surface area contributed by atoms with Gasteiger partial charge in [0.1, 0.15) is 0 Å². The predicted octanol–water partition coefficient (Wildman–Crippen LogP) is 4.92. The highest BCUT2D eigenvalue weighted by Gasteiger charge is 2.36. The molecule has 4 nitrogen and oxygen atoms in total. The van der Waals surface area contributed by atoms with Crippen molar-refractivity contribution in [3.8, 4) is 0 Å². The Morgan fingerprint density at radius 3 is 2.04 bits per heavy atom. The summed E-state index contributed by atoms with van der Waals surface area (Å²) in [7, 11) is 0. The van der Waals surface area contributed by atoms with Crippen LogP contribution in [0.5, 0.6) is 0 Å². The highest BCUT2D eigenvalue weighted by atomic mass is 16.5. The van der Waals surface area contributed by atoms with Crippen molar-refractivity contribution in [1.82, 2.24) is 0 Å². The van der Waals surface area contributed by atoms with Crippen LogP contribution in [0.15, 0.2) is 12.2 Å². The van der Waals surface area contributed by atoms with Gasteiger partial charge in [0, 0.05) is 0 Å². The number of hydrogen-bond acceptors (Lipinski definition) is 4. The Hall–Kier alpha value is -1.32. The zero-order valence-electron chi connectivity index (χ0n) is 16.7. The minimum Gasteiger partial charge on any atom is -0.465 e. The summed E-state index contributed by atoms with van der Waals surface area (Å²) in [6, 6.07) is 0. The number of allylic oxidation sites excluding steroid dienone is 2. The lowest BCUT2D eigenvalue weighted by Crippen LogP contribution is -2.34. The number of ether oxygens (including phenoxy) is 2. The van der Waals surface area contributed by atoms with E-state index in [1.54, 1.807) is 0 Å². The van der Waals surface area contributed by atoms with Crippen LogP contribution in [0.25, 0.3) is 0 Å². The average molecular weight is 353 g/mol. The molecule has 4 heteroatoms. The molecule has 0 amide bonds. The van der Waals surface area contributed by atoms with Crippen molar-refractivity contribution in [2.75, 3.05) is 13.2 Å². The molecule has 0 N–H and O–H groups in total. The molecule has 0 spiro atoms. The van der Waals surface area contributed by atoms with Crippen molar-refractivity contribution >= 4 is 11.9 Å². The SMILES string of the molecule is CCCCOC(=O)C1CC=CCC1C(=O)OCCC(C)CC(C)(C)C. The van der Waals surface area contributed by atoms with Gasteiger partial charge in [-0.15, -0.1) is 0 Å². The van der Waals surface area contributed by atoms with E-state index in [4.69, 9.17) is 9.47 Å². The van der Waals surface area contributed by atoms with E-state index >= 15 is 0 Å². The Labute approximate surface area is 153 Å². The summed E-state index contributed by atoms with van der Waals surface area (Å²) in [6.45, 7) is 11.8. The third-order valence-electron chi connectivity index (χ3n) is 4.60. The molecule has 0 aliphatic heterocycles. The summed E-state index contributed by atoms with van der Waals surface area (Å²) in [5.74, 6) is -0.821. The van der Waals surface area contributed by atoms with E-state index in [-0.39, 0.29) is 17.4 Å². The van der Waals surface area contributed by atoms with Crippen molar-refractivity contribution < 1.29 is 19.1 Å². The maximum Gasteiger partial charge on any atom is 0.310 e. The Kier molecular flexibility index (Phi) is 9.23. The molecule has 0 fully saturated rings. The van der Waals surface area contributed by atoms with Crippen LogP contribution >= 0.6 is 0 Å². The summed E-state index contributed by atoms with van der Waals surface area (Å²) in [5, 5.41) is 0. The molecular weight excluding hydrogens is 316 g/mol. The monoisotopic (exact) mass is 352 g/mol. The molecule has 0 saturated heterocycles. The van der Waals surface area contributed by atoms with Crippen LogP contribution in [0, 0.1) is 23.2 Å². The first-order valence-corrected chi connectivity index (χ1v) is 9.73. The molecule has 3 unspecified atom stereocenters. The fourth-order valence-electron chi connectivity index (χ4n) is 3.37. The van der Waals surface area contributed by atoms with Crippen LogP contribution in [0.4, 0.5) is 0 Å². The second-order valence-corrected chi connectivity index (χ2v) is 8.50. The number of hydrogen-bond donors (Lipinski definition) is 0. The second kappa shape index (κ2) is 10.6. The quantitative estimate of drug-likeness (QED) is 0.336. The minimum atomic E-state index is -0.406. The largest absolute Gasteiger partial charge is 0.465 e. The van der Waals surface area contributed by atoms with Gasteiger partial charge in [0.2, 0.25) is 0 Å². The molecule has 0 heterocycles. The highest BCUT2D eigenvalue weighted by Crippen LogP contribution is 2.29. The number of carbonyl (C=O) groups is 2. The first kappa shape index (κ1) is 21.7. The van der Waals surface area contributed by atoms with Crippen LogP contribution in [0.1, 0.15) is 73.1 Å². The van der Waals surface area contributed by atoms with Crippen molar-refractivity contribution in [1.29, 1.82) is 0 Å². The van der Waals surface area contributed by atoms with Crippen molar-refractivity contribution in [2.24, 2.45) is 23.2 Å².